The quantitative estimate of drug-likeness (QED) is 0.829. The van der Waals surface area contributed by atoms with Crippen LogP contribution in [-0.2, 0) is 17.8 Å². The van der Waals surface area contributed by atoms with E-state index in [4.69, 9.17) is 5.11 Å². The summed E-state index contributed by atoms with van der Waals surface area (Å²) in [6.07, 6.45) is 2.39. The van der Waals surface area contributed by atoms with Crippen LogP contribution in [0.2, 0.25) is 0 Å². The smallest absolute Gasteiger partial charge is 0.335 e. The normalized spacial score (nSPS) is 13.7. The Bertz CT molecular complexity index is 557. The molecule has 1 aromatic carbocycles. The highest BCUT2D eigenvalue weighted by Gasteiger charge is 2.20. The molecule has 1 N–H and O–H groups in total. The molecule has 1 aromatic rings. The monoisotopic (exact) mass is 259 g/mol. The van der Waals surface area contributed by atoms with Gasteiger partial charge in [-0.25, -0.2) is 4.79 Å². The predicted molar refractivity (Wildman–Crippen MR) is 72.0 cm³/mol. The van der Waals surface area contributed by atoms with E-state index in [1.54, 1.807) is 23.1 Å². The van der Waals surface area contributed by atoms with Gasteiger partial charge in [-0.2, -0.15) is 0 Å². The third-order valence-electron chi connectivity index (χ3n) is 3.19. The summed E-state index contributed by atoms with van der Waals surface area (Å²) in [7, 11) is 0. The molecular weight excluding hydrogens is 242 g/mol. The second kappa shape index (κ2) is 5.26. The lowest BCUT2D eigenvalue weighted by molar-refractivity contribution is -0.126. The first-order valence-corrected chi connectivity index (χ1v) is 6.26. The molecule has 1 heterocycles. The fourth-order valence-electron chi connectivity index (χ4n) is 2.22. The molecule has 0 unspecified atom stereocenters. The maximum atomic E-state index is 12.0. The first-order chi connectivity index (χ1) is 8.97. The van der Waals surface area contributed by atoms with Crippen molar-refractivity contribution in [3.05, 3.63) is 46.5 Å². The van der Waals surface area contributed by atoms with Gasteiger partial charge in [0.1, 0.15) is 0 Å². The molecule has 0 aliphatic carbocycles. The van der Waals surface area contributed by atoms with E-state index >= 15 is 0 Å². The Kier molecular flexibility index (Phi) is 3.69. The molecular formula is C15H17NO3. The molecule has 0 spiro atoms. The van der Waals surface area contributed by atoms with Crippen molar-refractivity contribution in [3.8, 4) is 0 Å². The van der Waals surface area contributed by atoms with E-state index in [1.165, 1.54) is 0 Å². The minimum Gasteiger partial charge on any atom is -0.478 e. The van der Waals surface area contributed by atoms with E-state index in [0.717, 1.165) is 23.1 Å². The van der Waals surface area contributed by atoms with Crippen LogP contribution in [0.5, 0.6) is 0 Å². The molecule has 1 aliphatic rings. The van der Waals surface area contributed by atoms with Crippen LogP contribution in [0.3, 0.4) is 0 Å². The summed E-state index contributed by atoms with van der Waals surface area (Å²) >= 11 is 0. The van der Waals surface area contributed by atoms with E-state index < -0.39 is 5.97 Å². The molecule has 0 bridgehead atoms. The number of carbonyl (C=O) groups excluding carboxylic acids is 1. The van der Waals surface area contributed by atoms with Gasteiger partial charge in [-0.15, -0.1) is 0 Å². The molecule has 0 aromatic heterocycles. The van der Waals surface area contributed by atoms with Crippen LogP contribution in [0.15, 0.2) is 29.8 Å². The fourth-order valence-corrected chi connectivity index (χ4v) is 2.22. The van der Waals surface area contributed by atoms with Crippen LogP contribution in [-0.4, -0.2) is 28.4 Å². The average molecular weight is 259 g/mol. The van der Waals surface area contributed by atoms with Gasteiger partial charge in [0, 0.05) is 19.2 Å². The highest BCUT2D eigenvalue weighted by molar-refractivity contribution is 5.89. The second-order valence-corrected chi connectivity index (χ2v) is 5.02. The van der Waals surface area contributed by atoms with Crippen LogP contribution in [0.1, 0.15) is 35.3 Å². The van der Waals surface area contributed by atoms with Gasteiger partial charge in [0.15, 0.2) is 0 Å². The molecule has 0 saturated heterocycles. The lowest BCUT2D eigenvalue weighted by atomic mass is 9.97. The zero-order valence-electron chi connectivity index (χ0n) is 11.1. The highest BCUT2D eigenvalue weighted by Crippen LogP contribution is 2.21. The summed E-state index contributed by atoms with van der Waals surface area (Å²) in [6, 6.07) is 5.13. The molecule has 4 nitrogen and oxygen atoms in total. The lowest BCUT2D eigenvalue weighted by Crippen LogP contribution is -2.35. The summed E-state index contributed by atoms with van der Waals surface area (Å²) in [5.41, 5.74) is 3.30. The largest absolute Gasteiger partial charge is 0.478 e. The van der Waals surface area contributed by atoms with E-state index in [-0.39, 0.29) is 11.5 Å². The molecule has 0 atom stereocenters. The van der Waals surface area contributed by atoms with Gasteiger partial charge in [-0.1, -0.05) is 11.6 Å². The van der Waals surface area contributed by atoms with Crippen molar-refractivity contribution in [2.24, 2.45) is 0 Å². The Labute approximate surface area is 112 Å². The number of carboxylic acid groups (broad SMARTS) is 1. The minimum absolute atomic E-state index is 0.00798. The molecule has 4 heteroatoms. The summed E-state index contributed by atoms with van der Waals surface area (Å²) in [6.45, 7) is 4.94. The van der Waals surface area contributed by atoms with Gasteiger partial charge < -0.3 is 10.0 Å². The topological polar surface area (TPSA) is 57.6 Å². The SMILES string of the molecule is CC(C)=CC(=O)N1CCc2ccc(C(=O)O)cc2C1. The van der Waals surface area contributed by atoms with Crippen molar-refractivity contribution in [1.29, 1.82) is 0 Å². The number of hydrogen-bond donors (Lipinski definition) is 1. The summed E-state index contributed by atoms with van der Waals surface area (Å²) in [4.78, 5) is 24.7. The zero-order valence-corrected chi connectivity index (χ0v) is 11.1. The van der Waals surface area contributed by atoms with Gasteiger partial charge >= 0.3 is 5.97 Å². The number of hydrogen-bond acceptors (Lipinski definition) is 2. The van der Waals surface area contributed by atoms with Crippen molar-refractivity contribution in [2.45, 2.75) is 26.8 Å². The number of rotatable bonds is 2. The Balaban J connectivity index is 2.23. The second-order valence-electron chi connectivity index (χ2n) is 5.02. The van der Waals surface area contributed by atoms with Crippen molar-refractivity contribution in [3.63, 3.8) is 0 Å². The number of allylic oxidation sites excluding steroid dienone is 1. The molecule has 0 fully saturated rings. The number of nitrogens with zero attached hydrogens (tertiary/aromatic N) is 1. The highest BCUT2D eigenvalue weighted by atomic mass is 16.4. The maximum absolute atomic E-state index is 12.0. The van der Waals surface area contributed by atoms with E-state index in [2.05, 4.69) is 0 Å². The Morgan fingerprint density at radius 1 is 1.26 bits per heavy atom. The fraction of sp³-hybridized carbons (Fsp3) is 0.333. The van der Waals surface area contributed by atoms with Gasteiger partial charge in [0.2, 0.25) is 5.91 Å². The van der Waals surface area contributed by atoms with Crippen molar-refractivity contribution < 1.29 is 14.7 Å². The van der Waals surface area contributed by atoms with Crippen LogP contribution >= 0.6 is 0 Å². The van der Waals surface area contributed by atoms with Crippen LogP contribution in [0, 0.1) is 0 Å². The van der Waals surface area contributed by atoms with E-state index in [1.807, 2.05) is 19.9 Å². The maximum Gasteiger partial charge on any atom is 0.335 e. The van der Waals surface area contributed by atoms with Crippen molar-refractivity contribution in [2.75, 3.05) is 6.54 Å². The number of aromatic carboxylic acids is 1. The van der Waals surface area contributed by atoms with Crippen LogP contribution in [0.4, 0.5) is 0 Å². The molecule has 1 aliphatic heterocycles. The van der Waals surface area contributed by atoms with Gasteiger partial charge in [-0.3, -0.25) is 4.79 Å². The average Bonchev–Trinajstić information content (AvgIpc) is 2.36. The molecule has 1 amide bonds. The summed E-state index contributed by atoms with van der Waals surface area (Å²) in [5, 5.41) is 8.99. The summed E-state index contributed by atoms with van der Waals surface area (Å²) < 4.78 is 0. The van der Waals surface area contributed by atoms with E-state index in [0.29, 0.717) is 13.1 Å². The number of carbonyl (C=O) groups is 2. The zero-order chi connectivity index (χ0) is 14.0. The number of fused-ring (bicyclic) bond motifs is 1. The Morgan fingerprint density at radius 2 is 2.00 bits per heavy atom. The Hall–Kier alpha value is -2.10. The van der Waals surface area contributed by atoms with Crippen LogP contribution < -0.4 is 0 Å². The van der Waals surface area contributed by atoms with Crippen molar-refractivity contribution >= 4 is 11.9 Å². The third kappa shape index (κ3) is 3.02. The third-order valence-corrected chi connectivity index (χ3v) is 3.19. The number of benzene rings is 1. The minimum atomic E-state index is -0.935. The lowest BCUT2D eigenvalue weighted by Gasteiger charge is -2.28. The molecule has 0 radical (unpaired) electrons. The number of carboxylic acids is 1. The van der Waals surface area contributed by atoms with Crippen molar-refractivity contribution in [1.82, 2.24) is 4.90 Å². The molecule has 19 heavy (non-hydrogen) atoms. The van der Waals surface area contributed by atoms with Gasteiger partial charge in [-0.05, 0) is 43.5 Å². The first kappa shape index (κ1) is 13.3. The summed E-state index contributed by atoms with van der Waals surface area (Å²) in [5.74, 6) is -0.943. The van der Waals surface area contributed by atoms with Gasteiger partial charge in [0.05, 0.1) is 5.56 Å². The van der Waals surface area contributed by atoms with E-state index in [9.17, 15) is 9.59 Å². The predicted octanol–water partition coefficient (Wildman–Crippen LogP) is 2.24. The van der Waals surface area contributed by atoms with Gasteiger partial charge in [0.25, 0.3) is 0 Å². The molecule has 2 rings (SSSR count). The number of amides is 1. The molecule has 0 saturated carbocycles. The van der Waals surface area contributed by atoms with Crippen LogP contribution in [0.25, 0.3) is 0 Å². The first-order valence-electron chi connectivity index (χ1n) is 6.26. The molecule has 100 valence electrons. The standard InChI is InChI=1S/C15H17NO3/c1-10(2)7-14(17)16-6-5-11-3-4-12(15(18)19)8-13(11)9-16/h3-4,7-8H,5-6,9H2,1-2H3,(H,18,19). The Morgan fingerprint density at radius 3 is 2.63 bits per heavy atom.